The summed E-state index contributed by atoms with van der Waals surface area (Å²) in [5.41, 5.74) is 0.0976. The van der Waals surface area contributed by atoms with Gasteiger partial charge in [0.1, 0.15) is 4.75 Å². The summed E-state index contributed by atoms with van der Waals surface area (Å²) in [6, 6.07) is 0.176. The van der Waals surface area contributed by atoms with Crippen LogP contribution in [0.15, 0.2) is 12.7 Å². The molecule has 0 aliphatic carbocycles. The molecule has 2 saturated heterocycles. The van der Waals surface area contributed by atoms with E-state index in [-0.39, 0.29) is 16.2 Å². The van der Waals surface area contributed by atoms with Crippen LogP contribution in [0.25, 0.3) is 0 Å². The van der Waals surface area contributed by atoms with Gasteiger partial charge in [0, 0.05) is 16.8 Å². The summed E-state index contributed by atoms with van der Waals surface area (Å²) in [5.74, 6) is 0.505. The Kier molecular flexibility index (Phi) is 5.19. The van der Waals surface area contributed by atoms with E-state index >= 15 is 0 Å². The van der Waals surface area contributed by atoms with Crippen molar-refractivity contribution in [2.45, 2.75) is 44.4 Å². The normalized spacial score (nSPS) is 36.2. The minimum absolute atomic E-state index is 0.0976. The van der Waals surface area contributed by atoms with Gasteiger partial charge in [0.05, 0.1) is 19.3 Å². The summed E-state index contributed by atoms with van der Waals surface area (Å²) in [5, 5.41) is 3.47. The molecule has 2 heterocycles. The Hall–Kier alpha value is -0.0700. The summed E-state index contributed by atoms with van der Waals surface area (Å²) in [6.45, 7) is 13.3. The summed E-state index contributed by atoms with van der Waals surface area (Å²) in [7, 11) is 0. The predicted molar refractivity (Wildman–Crippen MR) is 83.9 cm³/mol. The highest BCUT2D eigenvalue weighted by Gasteiger charge is 2.52. The lowest BCUT2D eigenvalue weighted by molar-refractivity contribution is 0.0693. The molecule has 116 valence electrons. The highest BCUT2D eigenvalue weighted by Crippen LogP contribution is 2.44. The Balaban J connectivity index is 2.13. The molecule has 0 aromatic heterocycles. The molecule has 5 heteroatoms. The first-order valence-corrected chi connectivity index (χ1v) is 8.62. The van der Waals surface area contributed by atoms with Crippen LogP contribution in [-0.4, -0.2) is 41.6 Å². The topological polar surface area (TPSA) is 56.3 Å². The number of rotatable bonds is 4. The average molecular weight is 300 g/mol. The molecule has 0 amide bonds. The Morgan fingerprint density at radius 2 is 2.30 bits per heavy atom. The van der Waals surface area contributed by atoms with E-state index in [4.69, 9.17) is 4.74 Å². The number of hydrogen-bond acceptors (Lipinski definition) is 4. The van der Waals surface area contributed by atoms with E-state index in [0.29, 0.717) is 12.5 Å². The molecular weight excluding hydrogens is 272 g/mol. The molecule has 2 aliphatic rings. The first-order valence-electron chi connectivity index (χ1n) is 7.47. The van der Waals surface area contributed by atoms with E-state index < -0.39 is 11.4 Å². The lowest BCUT2D eigenvalue weighted by Gasteiger charge is -2.44. The Morgan fingerprint density at radius 1 is 1.55 bits per heavy atom. The standard InChI is InChI=1S/C15H28N2O2S/c1-5-6-12-9-16-8-7-15(12)11-19-10-13(15)17-20(18)14(2,3)4/h5,12-13,16-17H,1,6-11H2,2-4H3/t12?,13-,15?,20?/m1/s1. The number of allylic oxidation sites excluding steroid dienone is 1. The minimum atomic E-state index is -1.05. The Bertz CT molecular complexity index is 345. The van der Waals surface area contributed by atoms with E-state index in [2.05, 4.69) is 16.6 Å². The molecule has 3 unspecified atom stereocenters. The average Bonchev–Trinajstić information content (AvgIpc) is 2.75. The fourth-order valence-corrected chi connectivity index (χ4v) is 4.18. The molecule has 2 N–H and O–H groups in total. The maximum atomic E-state index is 12.4. The molecule has 0 aromatic rings. The van der Waals surface area contributed by atoms with Gasteiger partial charge in [-0.15, -0.1) is 11.3 Å². The Labute approximate surface area is 126 Å². The highest BCUT2D eigenvalue weighted by molar-refractivity contribution is 7.90. The zero-order valence-corrected chi connectivity index (χ0v) is 13.7. The van der Waals surface area contributed by atoms with Crippen molar-refractivity contribution in [2.75, 3.05) is 26.3 Å². The monoisotopic (exact) mass is 300 g/mol. The van der Waals surface area contributed by atoms with E-state index in [1.165, 1.54) is 0 Å². The largest absolute Gasteiger partial charge is 0.598 e. The SMILES string of the molecule is C=CCC1CNCCC12COC[C@H]2N[S+]([O-])C(C)(C)C. The third-order valence-corrected chi connectivity index (χ3v) is 6.19. The fraction of sp³-hybridized carbons (Fsp3) is 0.867. The Morgan fingerprint density at radius 3 is 2.95 bits per heavy atom. The predicted octanol–water partition coefficient (Wildman–Crippen LogP) is 1.61. The second-order valence-electron chi connectivity index (χ2n) is 6.98. The summed E-state index contributed by atoms with van der Waals surface area (Å²) in [4.78, 5) is 0. The summed E-state index contributed by atoms with van der Waals surface area (Å²) in [6.07, 6.45) is 4.05. The molecule has 2 rings (SSSR count). The quantitative estimate of drug-likeness (QED) is 0.612. The van der Waals surface area contributed by atoms with Crippen LogP contribution in [0.2, 0.25) is 0 Å². The van der Waals surface area contributed by atoms with Crippen molar-refractivity contribution in [2.24, 2.45) is 11.3 Å². The van der Waals surface area contributed by atoms with Crippen molar-refractivity contribution in [3.05, 3.63) is 12.7 Å². The van der Waals surface area contributed by atoms with E-state index in [1.807, 2.05) is 26.8 Å². The first-order chi connectivity index (χ1) is 9.40. The number of hydrogen-bond donors (Lipinski definition) is 2. The van der Waals surface area contributed by atoms with Crippen LogP contribution in [0.4, 0.5) is 0 Å². The lowest BCUT2D eigenvalue weighted by Crippen LogP contribution is -2.58. The maximum Gasteiger partial charge on any atom is 0.136 e. The number of piperidine rings is 1. The zero-order chi connectivity index (χ0) is 14.8. The van der Waals surface area contributed by atoms with Gasteiger partial charge in [-0.05, 0) is 52.6 Å². The van der Waals surface area contributed by atoms with Gasteiger partial charge >= 0.3 is 0 Å². The van der Waals surface area contributed by atoms with Gasteiger partial charge in [0.15, 0.2) is 0 Å². The van der Waals surface area contributed by atoms with Crippen LogP contribution in [0, 0.1) is 11.3 Å². The van der Waals surface area contributed by atoms with Crippen molar-refractivity contribution in [3.8, 4) is 0 Å². The molecule has 1 spiro atoms. The summed E-state index contributed by atoms with van der Waals surface area (Å²) < 4.78 is 21.3. The van der Waals surface area contributed by atoms with Crippen LogP contribution < -0.4 is 10.0 Å². The lowest BCUT2D eigenvalue weighted by atomic mass is 9.66. The van der Waals surface area contributed by atoms with Crippen molar-refractivity contribution in [1.82, 2.24) is 10.0 Å². The van der Waals surface area contributed by atoms with E-state index in [9.17, 15) is 4.55 Å². The maximum absolute atomic E-state index is 12.4. The molecule has 2 fully saturated rings. The number of nitrogens with one attached hydrogen (secondary N) is 2. The number of ether oxygens (including phenoxy) is 1. The molecule has 0 aromatic carbocycles. The molecule has 0 bridgehead atoms. The highest BCUT2D eigenvalue weighted by atomic mass is 32.2. The molecule has 0 saturated carbocycles. The van der Waals surface area contributed by atoms with Crippen LogP contribution in [0.1, 0.15) is 33.6 Å². The smallest absolute Gasteiger partial charge is 0.136 e. The minimum Gasteiger partial charge on any atom is -0.598 e. The van der Waals surface area contributed by atoms with Gasteiger partial charge in [-0.1, -0.05) is 6.08 Å². The van der Waals surface area contributed by atoms with E-state index in [0.717, 1.165) is 32.5 Å². The molecule has 2 aliphatic heterocycles. The van der Waals surface area contributed by atoms with Crippen molar-refractivity contribution in [1.29, 1.82) is 0 Å². The molecule has 20 heavy (non-hydrogen) atoms. The van der Waals surface area contributed by atoms with Crippen LogP contribution in [0.5, 0.6) is 0 Å². The first kappa shape index (κ1) is 16.3. The van der Waals surface area contributed by atoms with Gasteiger partial charge in [0.2, 0.25) is 0 Å². The third-order valence-electron chi connectivity index (χ3n) is 4.58. The van der Waals surface area contributed by atoms with Gasteiger partial charge in [-0.3, -0.25) is 0 Å². The third kappa shape index (κ3) is 3.22. The van der Waals surface area contributed by atoms with Gasteiger partial charge < -0.3 is 14.6 Å². The van der Waals surface area contributed by atoms with Gasteiger partial charge in [-0.25, -0.2) is 0 Å². The van der Waals surface area contributed by atoms with Crippen LogP contribution in [-0.2, 0) is 16.1 Å². The van der Waals surface area contributed by atoms with Crippen molar-refractivity contribution < 1.29 is 9.29 Å². The van der Waals surface area contributed by atoms with Crippen LogP contribution >= 0.6 is 0 Å². The van der Waals surface area contributed by atoms with E-state index in [1.54, 1.807) is 0 Å². The van der Waals surface area contributed by atoms with Crippen molar-refractivity contribution >= 4 is 11.4 Å². The molecule has 4 nitrogen and oxygen atoms in total. The van der Waals surface area contributed by atoms with Crippen LogP contribution in [0.3, 0.4) is 0 Å². The molecular formula is C15H28N2O2S. The second kappa shape index (κ2) is 6.36. The molecule has 4 atom stereocenters. The summed E-state index contributed by atoms with van der Waals surface area (Å²) >= 11 is -1.05. The van der Waals surface area contributed by atoms with Gasteiger partial charge in [0.25, 0.3) is 0 Å². The fourth-order valence-electron chi connectivity index (χ4n) is 3.26. The zero-order valence-electron chi connectivity index (χ0n) is 12.9. The molecule has 0 radical (unpaired) electrons. The van der Waals surface area contributed by atoms with Crippen molar-refractivity contribution in [3.63, 3.8) is 0 Å². The second-order valence-corrected chi connectivity index (χ2v) is 8.97. The van der Waals surface area contributed by atoms with Gasteiger partial charge in [-0.2, -0.15) is 0 Å².